The van der Waals surface area contributed by atoms with Gasteiger partial charge in [-0.3, -0.25) is 0 Å². The molecular weight excluding hydrogens is 324 g/mol. The van der Waals surface area contributed by atoms with Crippen LogP contribution in [-0.2, 0) is 6.42 Å². The Morgan fingerprint density at radius 3 is 2.42 bits per heavy atom. The molecule has 0 radical (unpaired) electrons. The Hall–Kier alpha value is -1.85. The molecule has 0 fully saturated rings. The van der Waals surface area contributed by atoms with E-state index in [1.165, 1.54) is 0 Å². The fraction of sp³-hybridized carbons (Fsp3) is 0.368. The van der Waals surface area contributed by atoms with Crippen LogP contribution in [0.3, 0.4) is 0 Å². The Labute approximate surface area is 146 Å². The van der Waals surface area contributed by atoms with Gasteiger partial charge in [0.25, 0.3) is 0 Å². The fourth-order valence-corrected chi connectivity index (χ4v) is 3.77. The van der Waals surface area contributed by atoms with Gasteiger partial charge in [0.05, 0.1) is 27.4 Å². The van der Waals surface area contributed by atoms with Crippen LogP contribution in [-0.4, -0.2) is 32.7 Å². The second-order valence-corrected chi connectivity index (χ2v) is 6.57. The molecule has 3 rings (SSSR count). The second kappa shape index (κ2) is 6.95. The number of ether oxygens (including phenoxy) is 3. The molecule has 1 aliphatic rings. The van der Waals surface area contributed by atoms with E-state index >= 15 is 0 Å². The van der Waals surface area contributed by atoms with Crippen LogP contribution in [0.15, 0.2) is 29.2 Å². The first kappa shape index (κ1) is 17.0. The lowest BCUT2D eigenvalue weighted by Gasteiger charge is -2.20. The van der Waals surface area contributed by atoms with E-state index in [2.05, 4.69) is 18.2 Å². The third kappa shape index (κ3) is 2.72. The summed E-state index contributed by atoms with van der Waals surface area (Å²) in [7, 11) is 4.86. The lowest BCUT2D eigenvalue weighted by Crippen LogP contribution is -2.00. The van der Waals surface area contributed by atoms with Gasteiger partial charge >= 0.3 is 0 Å². The second-order valence-electron chi connectivity index (χ2n) is 5.69. The van der Waals surface area contributed by atoms with Gasteiger partial charge in [-0.2, -0.15) is 0 Å². The molecule has 128 valence electrons. The molecule has 24 heavy (non-hydrogen) atoms. The summed E-state index contributed by atoms with van der Waals surface area (Å²) in [4.78, 5) is 1.13. The lowest BCUT2D eigenvalue weighted by molar-refractivity contribution is 0.169. The monoisotopic (exact) mass is 346 g/mol. The van der Waals surface area contributed by atoms with Crippen molar-refractivity contribution in [1.29, 1.82) is 0 Å². The minimum Gasteiger partial charge on any atom is -0.493 e. The van der Waals surface area contributed by atoms with Gasteiger partial charge in [-0.1, -0.05) is 6.07 Å². The van der Waals surface area contributed by atoms with Gasteiger partial charge in [-0.15, -0.1) is 11.8 Å². The van der Waals surface area contributed by atoms with E-state index in [0.29, 0.717) is 23.7 Å². The van der Waals surface area contributed by atoms with Crippen molar-refractivity contribution in [3.63, 3.8) is 0 Å². The van der Waals surface area contributed by atoms with E-state index < -0.39 is 6.10 Å². The van der Waals surface area contributed by atoms with Gasteiger partial charge in [0.1, 0.15) is 0 Å². The molecule has 1 unspecified atom stereocenters. The third-order valence-electron chi connectivity index (χ3n) is 4.49. The molecule has 0 aromatic heterocycles. The van der Waals surface area contributed by atoms with Gasteiger partial charge in [-0.05, 0) is 54.0 Å². The summed E-state index contributed by atoms with van der Waals surface area (Å²) in [6.07, 6.45) is 2.95. The quantitative estimate of drug-likeness (QED) is 0.845. The Morgan fingerprint density at radius 1 is 1.04 bits per heavy atom. The molecule has 1 N–H and O–H groups in total. The van der Waals surface area contributed by atoms with Crippen molar-refractivity contribution in [1.82, 2.24) is 0 Å². The van der Waals surface area contributed by atoms with E-state index in [1.807, 2.05) is 12.3 Å². The van der Waals surface area contributed by atoms with E-state index in [-0.39, 0.29) is 0 Å². The van der Waals surface area contributed by atoms with Crippen molar-refractivity contribution in [2.24, 2.45) is 0 Å². The number of aryl methyl sites for hydroxylation is 1. The molecule has 4 nitrogen and oxygen atoms in total. The molecule has 5 heteroatoms. The first-order valence-electron chi connectivity index (χ1n) is 7.82. The smallest absolute Gasteiger partial charge is 0.203 e. The Bertz CT molecular complexity index is 758. The molecule has 2 aromatic rings. The van der Waals surface area contributed by atoms with Crippen LogP contribution in [0.1, 0.15) is 23.7 Å². The summed E-state index contributed by atoms with van der Waals surface area (Å²) in [6.45, 7) is 0. The maximum Gasteiger partial charge on any atom is 0.203 e. The van der Waals surface area contributed by atoms with Gasteiger partial charge in [0.15, 0.2) is 11.5 Å². The zero-order valence-corrected chi connectivity index (χ0v) is 15.2. The van der Waals surface area contributed by atoms with Crippen molar-refractivity contribution in [2.45, 2.75) is 23.8 Å². The van der Waals surface area contributed by atoms with Crippen molar-refractivity contribution in [3.8, 4) is 28.4 Å². The highest BCUT2D eigenvalue weighted by Gasteiger charge is 2.28. The molecule has 2 aromatic carbocycles. The summed E-state index contributed by atoms with van der Waals surface area (Å²) < 4.78 is 16.7. The summed E-state index contributed by atoms with van der Waals surface area (Å²) in [5.74, 6) is 1.88. The summed E-state index contributed by atoms with van der Waals surface area (Å²) in [5, 5.41) is 10.6. The summed E-state index contributed by atoms with van der Waals surface area (Å²) in [6, 6.07) is 8.18. The number of hydrogen-bond donors (Lipinski definition) is 1. The largest absolute Gasteiger partial charge is 0.493 e. The lowest BCUT2D eigenvalue weighted by atomic mass is 9.94. The highest BCUT2D eigenvalue weighted by atomic mass is 32.2. The number of methoxy groups -OCH3 is 3. The van der Waals surface area contributed by atoms with Gasteiger partial charge in [0.2, 0.25) is 5.75 Å². The normalized spacial score (nSPS) is 16.0. The number of aliphatic hydroxyl groups excluding tert-OH is 1. The van der Waals surface area contributed by atoms with E-state index in [0.717, 1.165) is 33.6 Å². The summed E-state index contributed by atoms with van der Waals surface area (Å²) >= 11 is 1.67. The Morgan fingerprint density at radius 2 is 1.79 bits per heavy atom. The van der Waals surface area contributed by atoms with Crippen molar-refractivity contribution in [3.05, 3.63) is 35.4 Å². The molecule has 1 atom stereocenters. The SMILES string of the molecule is COc1cc2c(c(OC)c1OC)-c1ccc(SC)cc1C(O)CC2. The van der Waals surface area contributed by atoms with E-state index in [9.17, 15) is 5.11 Å². The van der Waals surface area contributed by atoms with Crippen LogP contribution in [0.4, 0.5) is 0 Å². The molecule has 0 saturated carbocycles. The topological polar surface area (TPSA) is 47.9 Å². The highest BCUT2D eigenvalue weighted by Crippen LogP contribution is 2.50. The predicted octanol–water partition coefficient (Wildman–Crippen LogP) is 4.08. The summed E-state index contributed by atoms with van der Waals surface area (Å²) in [5.41, 5.74) is 4.00. The number of aliphatic hydroxyl groups is 1. The fourth-order valence-electron chi connectivity index (χ4n) is 3.32. The maximum atomic E-state index is 10.6. The Kier molecular flexibility index (Phi) is 4.92. The Balaban J connectivity index is 2.34. The van der Waals surface area contributed by atoms with Crippen LogP contribution in [0.2, 0.25) is 0 Å². The first-order chi connectivity index (χ1) is 11.6. The molecule has 0 spiro atoms. The number of hydrogen-bond acceptors (Lipinski definition) is 5. The molecule has 0 aliphatic heterocycles. The molecule has 0 heterocycles. The minimum absolute atomic E-state index is 0.499. The number of fused-ring (bicyclic) bond motifs is 3. The molecular formula is C19H22O4S. The van der Waals surface area contributed by atoms with Crippen molar-refractivity contribution < 1.29 is 19.3 Å². The van der Waals surface area contributed by atoms with Gasteiger partial charge in [-0.25, -0.2) is 0 Å². The predicted molar refractivity (Wildman–Crippen MR) is 96.6 cm³/mol. The highest BCUT2D eigenvalue weighted by molar-refractivity contribution is 7.98. The van der Waals surface area contributed by atoms with Gasteiger partial charge < -0.3 is 19.3 Å². The first-order valence-corrected chi connectivity index (χ1v) is 9.05. The number of benzene rings is 2. The van der Waals surface area contributed by atoms with E-state index in [4.69, 9.17) is 14.2 Å². The zero-order chi connectivity index (χ0) is 17.3. The number of thioether (sulfide) groups is 1. The van der Waals surface area contributed by atoms with Crippen molar-refractivity contribution >= 4 is 11.8 Å². The number of rotatable bonds is 4. The molecule has 0 amide bonds. The average molecular weight is 346 g/mol. The van der Waals surface area contributed by atoms with Gasteiger partial charge in [0, 0.05) is 10.5 Å². The average Bonchev–Trinajstić information content (AvgIpc) is 2.76. The van der Waals surface area contributed by atoms with Crippen molar-refractivity contribution in [2.75, 3.05) is 27.6 Å². The maximum absolute atomic E-state index is 10.6. The van der Waals surface area contributed by atoms with E-state index in [1.54, 1.807) is 33.1 Å². The van der Waals surface area contributed by atoms with Crippen LogP contribution >= 0.6 is 11.8 Å². The zero-order valence-electron chi connectivity index (χ0n) is 14.4. The van der Waals surface area contributed by atoms with Crippen LogP contribution in [0, 0.1) is 0 Å². The minimum atomic E-state index is -0.499. The third-order valence-corrected chi connectivity index (χ3v) is 5.21. The molecule has 0 bridgehead atoms. The van der Waals surface area contributed by atoms with Crippen LogP contribution in [0.25, 0.3) is 11.1 Å². The van der Waals surface area contributed by atoms with Crippen LogP contribution in [0.5, 0.6) is 17.2 Å². The molecule has 1 aliphatic carbocycles. The van der Waals surface area contributed by atoms with Crippen LogP contribution < -0.4 is 14.2 Å². The molecule has 0 saturated heterocycles. The standard InChI is InChI=1S/C19H22O4S/c1-21-16-9-11-5-8-15(20)14-10-12(24-4)6-7-13(14)17(11)19(23-3)18(16)22-2/h6-7,9-10,15,20H,5,8H2,1-4H3.